The Labute approximate surface area is 192 Å². The Bertz CT molecular complexity index is 899. The lowest BCUT2D eigenvalue weighted by Gasteiger charge is -2.56. The number of carbonyl (C=O) groups excluding carboxylic acids is 3. The summed E-state index contributed by atoms with van der Waals surface area (Å²) in [5.74, 6) is 0.701. The fraction of sp³-hybridized carbons (Fsp3) is 0.625. The highest BCUT2D eigenvalue weighted by atomic mass is 35.5. The van der Waals surface area contributed by atoms with E-state index in [0.717, 1.165) is 19.3 Å². The van der Waals surface area contributed by atoms with Crippen molar-refractivity contribution in [3.8, 4) is 0 Å². The summed E-state index contributed by atoms with van der Waals surface area (Å²) in [6, 6.07) is 5.84. The van der Waals surface area contributed by atoms with Gasteiger partial charge in [0.2, 0.25) is 5.91 Å². The van der Waals surface area contributed by atoms with Crippen LogP contribution < -0.4 is 5.32 Å². The second-order valence-corrected chi connectivity index (χ2v) is 10.7. The van der Waals surface area contributed by atoms with Crippen LogP contribution in [0.1, 0.15) is 44.9 Å². The number of halogens is 1. The van der Waals surface area contributed by atoms with Crippen molar-refractivity contribution in [1.82, 2.24) is 4.90 Å². The number of nitrogens with one attached hydrogen (secondary N) is 1. The molecule has 5 aliphatic rings. The Balaban J connectivity index is 1.22. The largest absolute Gasteiger partial charge is 0.454 e. The third-order valence-corrected chi connectivity index (χ3v) is 7.99. The van der Waals surface area contributed by atoms with Gasteiger partial charge in [0.1, 0.15) is 6.04 Å². The number of benzene rings is 1. The van der Waals surface area contributed by atoms with Crippen LogP contribution in [0.15, 0.2) is 24.3 Å². The van der Waals surface area contributed by atoms with Crippen LogP contribution in [-0.4, -0.2) is 53.1 Å². The summed E-state index contributed by atoms with van der Waals surface area (Å²) < 4.78 is 5.25. The number of aliphatic hydroxyl groups is 1. The first kappa shape index (κ1) is 21.7. The maximum Gasteiger partial charge on any atom is 0.329 e. The number of β-amino-alcohol motifs (C(OH)–C–C–N with tert-alkyl or cyclic N) is 1. The summed E-state index contributed by atoms with van der Waals surface area (Å²) in [6.07, 6.45) is 5.75. The second-order valence-electron chi connectivity index (χ2n) is 10.2. The molecule has 1 heterocycles. The highest BCUT2D eigenvalue weighted by Crippen LogP contribution is 2.60. The molecule has 1 aliphatic heterocycles. The third-order valence-electron chi connectivity index (χ3n) is 7.76. The van der Waals surface area contributed by atoms with Crippen molar-refractivity contribution in [1.29, 1.82) is 0 Å². The van der Waals surface area contributed by atoms with E-state index in [1.807, 2.05) is 0 Å². The van der Waals surface area contributed by atoms with Crippen molar-refractivity contribution < 1.29 is 24.2 Å². The number of esters is 1. The number of nitrogens with zero attached hydrogens (tertiary/aromatic N) is 1. The lowest BCUT2D eigenvalue weighted by Crippen LogP contribution is -2.56. The van der Waals surface area contributed by atoms with Gasteiger partial charge in [0.25, 0.3) is 5.91 Å². The first-order valence-electron chi connectivity index (χ1n) is 11.5. The van der Waals surface area contributed by atoms with Gasteiger partial charge in [-0.1, -0.05) is 17.7 Å². The van der Waals surface area contributed by atoms with E-state index in [4.69, 9.17) is 16.3 Å². The minimum absolute atomic E-state index is 0.00141. The van der Waals surface area contributed by atoms with Crippen molar-refractivity contribution in [3.05, 3.63) is 29.3 Å². The van der Waals surface area contributed by atoms with Crippen LogP contribution in [0.4, 0.5) is 5.69 Å². The molecule has 172 valence electrons. The molecule has 8 heteroatoms. The number of hydrogen-bond donors (Lipinski definition) is 2. The molecule has 4 saturated carbocycles. The predicted octanol–water partition coefficient (Wildman–Crippen LogP) is 3.00. The van der Waals surface area contributed by atoms with Crippen LogP contribution >= 0.6 is 11.6 Å². The Morgan fingerprint density at radius 2 is 1.75 bits per heavy atom. The minimum atomic E-state index is -0.843. The molecule has 5 fully saturated rings. The van der Waals surface area contributed by atoms with E-state index in [2.05, 4.69) is 5.32 Å². The molecule has 4 bridgehead atoms. The molecule has 6 rings (SSSR count). The van der Waals surface area contributed by atoms with Crippen molar-refractivity contribution in [2.45, 2.75) is 57.1 Å². The van der Waals surface area contributed by atoms with E-state index >= 15 is 0 Å². The van der Waals surface area contributed by atoms with Crippen LogP contribution in [0.2, 0.25) is 5.02 Å². The SMILES string of the molecule is O=C(COC(=O)[C@@H]1CC(O)CN1C(=O)C12CC3CC(CC(C3)C1)C2)Nc1cccc(Cl)c1. The van der Waals surface area contributed by atoms with Gasteiger partial charge in [-0.25, -0.2) is 4.79 Å². The summed E-state index contributed by atoms with van der Waals surface area (Å²) in [5.41, 5.74) is 0.120. The van der Waals surface area contributed by atoms with E-state index in [0.29, 0.717) is 28.5 Å². The van der Waals surface area contributed by atoms with Gasteiger partial charge < -0.3 is 20.1 Å². The number of hydrogen-bond acceptors (Lipinski definition) is 5. The van der Waals surface area contributed by atoms with Crippen LogP contribution in [0.25, 0.3) is 0 Å². The van der Waals surface area contributed by atoms with Gasteiger partial charge in [-0.15, -0.1) is 0 Å². The summed E-state index contributed by atoms with van der Waals surface area (Å²) >= 11 is 5.92. The lowest BCUT2D eigenvalue weighted by molar-refractivity contribution is -0.166. The van der Waals surface area contributed by atoms with Gasteiger partial charge in [-0.05, 0) is 74.5 Å². The number of anilines is 1. The number of rotatable bonds is 5. The highest BCUT2D eigenvalue weighted by Gasteiger charge is 2.57. The van der Waals surface area contributed by atoms with Crippen LogP contribution in [0.3, 0.4) is 0 Å². The maximum atomic E-state index is 13.7. The fourth-order valence-electron chi connectivity index (χ4n) is 6.94. The Morgan fingerprint density at radius 1 is 1.09 bits per heavy atom. The monoisotopic (exact) mass is 460 g/mol. The second kappa shape index (κ2) is 8.34. The number of likely N-dealkylation sites (tertiary alicyclic amines) is 1. The molecule has 2 amide bonds. The Morgan fingerprint density at radius 3 is 2.38 bits per heavy atom. The molecule has 0 spiro atoms. The highest BCUT2D eigenvalue weighted by molar-refractivity contribution is 6.30. The summed E-state index contributed by atoms with van der Waals surface area (Å²) in [4.78, 5) is 40.2. The zero-order chi connectivity index (χ0) is 22.5. The van der Waals surface area contributed by atoms with E-state index < -0.39 is 30.6 Å². The van der Waals surface area contributed by atoms with Crippen LogP contribution in [0, 0.1) is 23.2 Å². The average molecular weight is 461 g/mol. The lowest BCUT2D eigenvalue weighted by atomic mass is 9.49. The number of aliphatic hydroxyl groups excluding tert-OH is 1. The summed E-state index contributed by atoms with van der Waals surface area (Å²) in [5, 5.41) is 13.4. The minimum Gasteiger partial charge on any atom is -0.454 e. The van der Waals surface area contributed by atoms with Crippen molar-refractivity contribution in [2.24, 2.45) is 23.2 Å². The Hall–Kier alpha value is -2.12. The Kier molecular flexibility index (Phi) is 5.66. The van der Waals surface area contributed by atoms with Crippen molar-refractivity contribution in [3.63, 3.8) is 0 Å². The molecule has 1 unspecified atom stereocenters. The topological polar surface area (TPSA) is 95.9 Å². The van der Waals surface area contributed by atoms with Gasteiger partial charge in [0, 0.05) is 23.7 Å². The number of carbonyl (C=O) groups is 3. The van der Waals surface area contributed by atoms with Gasteiger partial charge >= 0.3 is 5.97 Å². The average Bonchev–Trinajstić information content (AvgIpc) is 3.12. The van der Waals surface area contributed by atoms with Gasteiger partial charge in [-0.2, -0.15) is 0 Å². The van der Waals surface area contributed by atoms with E-state index in [1.165, 1.54) is 24.2 Å². The molecular weight excluding hydrogens is 432 g/mol. The summed E-state index contributed by atoms with van der Waals surface area (Å²) in [7, 11) is 0. The number of amides is 2. The molecular formula is C24H29ClN2O5. The molecule has 1 aromatic carbocycles. The van der Waals surface area contributed by atoms with Gasteiger partial charge in [-0.3, -0.25) is 9.59 Å². The fourth-order valence-corrected chi connectivity index (χ4v) is 7.13. The molecule has 32 heavy (non-hydrogen) atoms. The molecule has 0 radical (unpaired) electrons. The molecule has 1 saturated heterocycles. The molecule has 4 aliphatic carbocycles. The maximum absolute atomic E-state index is 13.7. The quantitative estimate of drug-likeness (QED) is 0.658. The van der Waals surface area contributed by atoms with E-state index in [-0.39, 0.29) is 24.3 Å². The van der Waals surface area contributed by atoms with Crippen LogP contribution in [-0.2, 0) is 19.1 Å². The summed E-state index contributed by atoms with van der Waals surface area (Å²) in [6.45, 7) is -0.313. The van der Waals surface area contributed by atoms with E-state index in [9.17, 15) is 19.5 Å². The third kappa shape index (κ3) is 4.13. The zero-order valence-corrected chi connectivity index (χ0v) is 18.7. The first-order chi connectivity index (χ1) is 15.3. The standard InChI is InChI=1S/C24H29ClN2O5/c25-17-2-1-3-18(7-17)26-21(29)13-32-22(30)20-8-19(28)12-27(20)23(31)24-9-14-4-15(10-24)6-16(5-14)11-24/h1-3,7,14-16,19-20,28H,4-6,8-13H2,(H,26,29)/t14?,15?,16?,19?,20-,24?/m0/s1. The smallest absolute Gasteiger partial charge is 0.329 e. The van der Waals surface area contributed by atoms with E-state index in [1.54, 1.807) is 24.3 Å². The predicted molar refractivity (Wildman–Crippen MR) is 118 cm³/mol. The van der Waals surface area contributed by atoms with Gasteiger partial charge in [0.15, 0.2) is 6.61 Å². The van der Waals surface area contributed by atoms with Crippen molar-refractivity contribution in [2.75, 3.05) is 18.5 Å². The number of ether oxygens (including phenoxy) is 1. The molecule has 1 aromatic rings. The molecule has 2 N–H and O–H groups in total. The normalized spacial score (nSPS) is 35.1. The van der Waals surface area contributed by atoms with Crippen LogP contribution in [0.5, 0.6) is 0 Å². The molecule has 2 atom stereocenters. The molecule has 0 aromatic heterocycles. The molecule has 7 nitrogen and oxygen atoms in total. The van der Waals surface area contributed by atoms with Crippen molar-refractivity contribution >= 4 is 35.1 Å². The first-order valence-corrected chi connectivity index (χ1v) is 11.9. The zero-order valence-electron chi connectivity index (χ0n) is 18.0. The van der Waals surface area contributed by atoms with Gasteiger partial charge in [0.05, 0.1) is 11.5 Å².